The highest BCUT2D eigenvalue weighted by Gasteiger charge is 2.30. The number of halogens is 1. The number of pyridine rings is 1. The number of carbonyl (C=O) groups is 1. The normalized spacial score (nSPS) is 22.4. The fraction of sp³-hybridized carbons (Fsp3) is 0.600. The molecule has 21 heavy (non-hydrogen) atoms. The summed E-state index contributed by atoms with van der Waals surface area (Å²) >= 11 is 6.01. The van der Waals surface area contributed by atoms with Gasteiger partial charge >= 0.3 is 0 Å². The van der Waals surface area contributed by atoms with Crippen molar-refractivity contribution in [2.45, 2.75) is 38.8 Å². The molecule has 1 aromatic heterocycles. The zero-order valence-corrected chi connectivity index (χ0v) is 13.1. The molecule has 1 N–H and O–H groups in total. The predicted octanol–water partition coefficient (Wildman–Crippen LogP) is 1.91. The van der Waals surface area contributed by atoms with E-state index < -0.39 is 0 Å². The van der Waals surface area contributed by atoms with Crippen LogP contribution in [0.1, 0.15) is 36.3 Å². The number of aliphatic hydroxyl groups excluding tert-OH is 1. The van der Waals surface area contributed by atoms with Gasteiger partial charge in [0.25, 0.3) is 5.91 Å². The van der Waals surface area contributed by atoms with Gasteiger partial charge in [0.1, 0.15) is 5.15 Å². The molecule has 2 heterocycles. The fourth-order valence-corrected chi connectivity index (χ4v) is 2.66. The van der Waals surface area contributed by atoms with Gasteiger partial charge in [0.15, 0.2) is 0 Å². The molecule has 1 amide bonds. The number of hydrogen-bond donors (Lipinski definition) is 1. The molecular weight excluding hydrogens is 292 g/mol. The van der Waals surface area contributed by atoms with E-state index in [2.05, 4.69) is 11.9 Å². The molecule has 1 aromatic rings. The van der Waals surface area contributed by atoms with Crippen LogP contribution in [0.4, 0.5) is 0 Å². The molecule has 2 unspecified atom stereocenters. The second-order valence-corrected chi connectivity index (χ2v) is 5.75. The van der Waals surface area contributed by atoms with Crippen molar-refractivity contribution in [1.82, 2.24) is 9.88 Å². The van der Waals surface area contributed by atoms with Crippen LogP contribution in [0.15, 0.2) is 12.1 Å². The maximum absolute atomic E-state index is 12.7. The molecule has 0 spiro atoms. The Morgan fingerprint density at radius 2 is 2.33 bits per heavy atom. The summed E-state index contributed by atoms with van der Waals surface area (Å²) in [6.07, 6.45) is 1.41. The van der Waals surface area contributed by atoms with E-state index in [4.69, 9.17) is 16.3 Å². The number of morpholine rings is 1. The second-order valence-electron chi connectivity index (χ2n) is 5.36. The summed E-state index contributed by atoms with van der Waals surface area (Å²) in [4.78, 5) is 18.6. The molecule has 1 saturated heterocycles. The van der Waals surface area contributed by atoms with Crippen molar-refractivity contribution < 1.29 is 14.6 Å². The summed E-state index contributed by atoms with van der Waals surface area (Å²) in [5.41, 5.74) is 1.37. The summed E-state index contributed by atoms with van der Waals surface area (Å²) in [6, 6.07) is 3.37. The Morgan fingerprint density at radius 3 is 3.00 bits per heavy atom. The number of aromatic nitrogens is 1. The monoisotopic (exact) mass is 312 g/mol. The first-order valence-corrected chi connectivity index (χ1v) is 7.62. The van der Waals surface area contributed by atoms with E-state index in [1.165, 1.54) is 0 Å². The lowest BCUT2D eigenvalue weighted by Crippen LogP contribution is -2.52. The highest BCUT2D eigenvalue weighted by atomic mass is 35.5. The van der Waals surface area contributed by atoms with E-state index >= 15 is 0 Å². The number of ether oxygens (including phenoxy) is 1. The van der Waals surface area contributed by atoms with Gasteiger partial charge in [-0.2, -0.15) is 0 Å². The summed E-state index contributed by atoms with van der Waals surface area (Å²) < 4.78 is 5.46. The molecule has 0 bridgehead atoms. The smallest absolute Gasteiger partial charge is 0.254 e. The molecule has 116 valence electrons. The van der Waals surface area contributed by atoms with Crippen molar-refractivity contribution in [2.75, 3.05) is 19.8 Å². The maximum atomic E-state index is 12.7. The Balaban J connectivity index is 2.21. The Morgan fingerprint density at radius 1 is 1.57 bits per heavy atom. The summed E-state index contributed by atoms with van der Waals surface area (Å²) in [5, 5.41) is 9.55. The third-order valence-electron chi connectivity index (χ3n) is 3.57. The Bertz CT molecular complexity index is 510. The Labute approximate surface area is 129 Å². The second kappa shape index (κ2) is 7.20. The molecule has 1 aliphatic rings. The molecule has 6 heteroatoms. The predicted molar refractivity (Wildman–Crippen MR) is 80.6 cm³/mol. The van der Waals surface area contributed by atoms with E-state index in [9.17, 15) is 9.90 Å². The van der Waals surface area contributed by atoms with Crippen molar-refractivity contribution >= 4 is 17.5 Å². The third-order valence-corrected chi connectivity index (χ3v) is 3.76. The van der Waals surface area contributed by atoms with Crippen LogP contribution < -0.4 is 0 Å². The van der Waals surface area contributed by atoms with Crippen molar-refractivity contribution in [3.63, 3.8) is 0 Å². The first-order valence-electron chi connectivity index (χ1n) is 7.25. The Hall–Kier alpha value is -1.17. The minimum Gasteiger partial charge on any atom is -0.394 e. The zero-order chi connectivity index (χ0) is 15.4. The van der Waals surface area contributed by atoms with Gasteiger partial charge in [-0.3, -0.25) is 4.79 Å². The lowest BCUT2D eigenvalue weighted by atomic mass is 10.1. The van der Waals surface area contributed by atoms with E-state index in [0.29, 0.717) is 23.9 Å². The molecule has 0 saturated carbocycles. The van der Waals surface area contributed by atoms with Crippen LogP contribution in [0, 0.1) is 0 Å². The maximum Gasteiger partial charge on any atom is 0.254 e. The van der Waals surface area contributed by atoms with Gasteiger partial charge in [-0.05, 0) is 25.5 Å². The minimum atomic E-state index is -0.322. The van der Waals surface area contributed by atoms with Crippen molar-refractivity contribution in [2.24, 2.45) is 0 Å². The van der Waals surface area contributed by atoms with Crippen LogP contribution in [-0.2, 0) is 11.2 Å². The quantitative estimate of drug-likeness (QED) is 0.863. The molecule has 0 radical (unpaired) electrons. The van der Waals surface area contributed by atoms with Crippen LogP contribution in [-0.4, -0.2) is 52.8 Å². The van der Waals surface area contributed by atoms with E-state index in [1.807, 2.05) is 6.92 Å². The van der Waals surface area contributed by atoms with Crippen molar-refractivity contribution in [1.29, 1.82) is 0 Å². The molecular formula is C15H21ClN2O3. The molecule has 2 atom stereocenters. The first kappa shape index (κ1) is 16.2. The molecule has 2 rings (SSSR count). The largest absolute Gasteiger partial charge is 0.394 e. The third kappa shape index (κ3) is 3.93. The van der Waals surface area contributed by atoms with Crippen LogP contribution >= 0.6 is 11.6 Å². The standard InChI is InChI=1S/C15H21ClN2O3/c1-3-4-12-5-11(6-14(16)17-12)15(20)18-7-13(8-19)21-9-10(18)2/h5-6,10,13,19H,3-4,7-9H2,1-2H3. The number of carbonyl (C=O) groups excluding carboxylic acids is 1. The van der Waals surface area contributed by atoms with Crippen LogP contribution in [0.25, 0.3) is 0 Å². The van der Waals surface area contributed by atoms with Crippen molar-refractivity contribution in [3.05, 3.63) is 28.5 Å². The minimum absolute atomic E-state index is 0.0261. The number of hydrogen-bond acceptors (Lipinski definition) is 4. The summed E-state index contributed by atoms with van der Waals surface area (Å²) in [6.45, 7) is 4.72. The number of aryl methyl sites for hydroxylation is 1. The number of aliphatic hydroxyl groups is 1. The number of rotatable bonds is 4. The van der Waals surface area contributed by atoms with Gasteiger partial charge in [0.2, 0.25) is 0 Å². The van der Waals surface area contributed by atoms with Crippen molar-refractivity contribution in [3.8, 4) is 0 Å². The first-order chi connectivity index (χ1) is 10.0. The van der Waals surface area contributed by atoms with Gasteiger partial charge in [0.05, 0.1) is 25.4 Å². The fourth-order valence-electron chi connectivity index (χ4n) is 2.44. The SMILES string of the molecule is CCCc1cc(C(=O)N2CC(CO)OCC2C)cc(Cl)n1. The molecule has 5 nitrogen and oxygen atoms in total. The van der Waals surface area contributed by atoms with Gasteiger partial charge < -0.3 is 14.7 Å². The van der Waals surface area contributed by atoms with E-state index in [0.717, 1.165) is 18.5 Å². The zero-order valence-electron chi connectivity index (χ0n) is 12.4. The Kier molecular flexibility index (Phi) is 5.56. The topological polar surface area (TPSA) is 62.7 Å². The highest BCUT2D eigenvalue weighted by Crippen LogP contribution is 2.19. The lowest BCUT2D eigenvalue weighted by Gasteiger charge is -2.37. The molecule has 1 fully saturated rings. The van der Waals surface area contributed by atoms with Crippen LogP contribution in [0.5, 0.6) is 0 Å². The van der Waals surface area contributed by atoms with Crippen LogP contribution in [0.3, 0.4) is 0 Å². The van der Waals surface area contributed by atoms with E-state index in [1.54, 1.807) is 17.0 Å². The average molecular weight is 313 g/mol. The number of amides is 1. The van der Waals surface area contributed by atoms with Gasteiger partial charge in [-0.25, -0.2) is 4.98 Å². The average Bonchev–Trinajstić information content (AvgIpc) is 2.47. The summed E-state index contributed by atoms with van der Waals surface area (Å²) in [5.74, 6) is -0.0918. The highest BCUT2D eigenvalue weighted by molar-refractivity contribution is 6.29. The molecule has 0 aliphatic carbocycles. The van der Waals surface area contributed by atoms with Gasteiger partial charge in [0, 0.05) is 17.8 Å². The van der Waals surface area contributed by atoms with Gasteiger partial charge in [-0.15, -0.1) is 0 Å². The number of nitrogens with zero attached hydrogens (tertiary/aromatic N) is 2. The summed E-state index contributed by atoms with van der Waals surface area (Å²) in [7, 11) is 0. The lowest BCUT2D eigenvalue weighted by molar-refractivity contribution is -0.0667. The van der Waals surface area contributed by atoms with Crippen LogP contribution in [0.2, 0.25) is 5.15 Å². The molecule has 0 aromatic carbocycles. The van der Waals surface area contributed by atoms with Gasteiger partial charge in [-0.1, -0.05) is 24.9 Å². The van der Waals surface area contributed by atoms with E-state index in [-0.39, 0.29) is 24.7 Å². The molecule has 1 aliphatic heterocycles.